The molecule has 0 bridgehead atoms. The number of hydrogen-bond donors (Lipinski definition) is 2. The summed E-state index contributed by atoms with van der Waals surface area (Å²) in [5.41, 5.74) is 1.52. The van der Waals surface area contributed by atoms with E-state index in [4.69, 9.17) is 12.2 Å². The lowest BCUT2D eigenvalue weighted by Gasteiger charge is -2.27. The number of halogens is 1. The third-order valence-electron chi connectivity index (χ3n) is 3.12. The highest BCUT2D eigenvalue weighted by atomic mass is 32.1. The van der Waals surface area contributed by atoms with Crippen molar-refractivity contribution in [2.75, 3.05) is 4.90 Å². The van der Waals surface area contributed by atoms with Crippen LogP contribution in [-0.2, 0) is 6.54 Å². The molecule has 3 nitrogen and oxygen atoms in total. The van der Waals surface area contributed by atoms with E-state index in [1.807, 2.05) is 30.9 Å². The maximum Gasteiger partial charge on any atom is 0.173 e. The van der Waals surface area contributed by atoms with Gasteiger partial charge in [0.05, 0.1) is 6.54 Å². The molecule has 22 heavy (non-hydrogen) atoms. The molecule has 0 unspecified atom stereocenters. The van der Waals surface area contributed by atoms with E-state index in [0.717, 1.165) is 11.3 Å². The third-order valence-corrected chi connectivity index (χ3v) is 3.45. The molecule has 2 rings (SSSR count). The Morgan fingerprint density at radius 1 is 1.18 bits per heavy atom. The van der Waals surface area contributed by atoms with Crippen molar-refractivity contribution in [1.82, 2.24) is 5.32 Å². The molecule has 5 heteroatoms. The van der Waals surface area contributed by atoms with Crippen LogP contribution >= 0.6 is 12.2 Å². The lowest BCUT2D eigenvalue weighted by molar-refractivity contribution is 0.468. The van der Waals surface area contributed by atoms with Crippen LogP contribution in [0.4, 0.5) is 10.1 Å². The Bertz CT molecular complexity index is 643. The molecule has 0 fully saturated rings. The molecule has 0 amide bonds. The van der Waals surface area contributed by atoms with Crippen LogP contribution in [0.3, 0.4) is 0 Å². The number of rotatable bonds is 4. The molecule has 0 aromatic heterocycles. The summed E-state index contributed by atoms with van der Waals surface area (Å²) in [5.74, 6) is -0.0871. The van der Waals surface area contributed by atoms with Gasteiger partial charge in [0, 0.05) is 17.3 Å². The predicted molar refractivity (Wildman–Crippen MR) is 91.6 cm³/mol. The maximum absolute atomic E-state index is 13.1. The van der Waals surface area contributed by atoms with E-state index >= 15 is 0 Å². The predicted octanol–water partition coefficient (Wildman–Crippen LogP) is 3.82. The molecule has 0 saturated carbocycles. The molecule has 0 aliphatic heterocycles. The summed E-state index contributed by atoms with van der Waals surface area (Å²) in [4.78, 5) is 1.84. The number of phenols is 1. The summed E-state index contributed by atoms with van der Waals surface area (Å²) >= 11 is 5.45. The first-order valence-electron chi connectivity index (χ1n) is 7.08. The minimum Gasteiger partial charge on any atom is -0.508 e. The van der Waals surface area contributed by atoms with Crippen molar-refractivity contribution in [2.24, 2.45) is 0 Å². The largest absolute Gasteiger partial charge is 0.508 e. The Hall–Kier alpha value is -2.14. The molecule has 2 aromatic carbocycles. The summed E-state index contributed by atoms with van der Waals surface area (Å²) in [5, 5.41) is 13.7. The lowest BCUT2D eigenvalue weighted by Crippen LogP contribution is -2.42. The molecule has 0 heterocycles. The number of anilines is 1. The van der Waals surface area contributed by atoms with Crippen molar-refractivity contribution in [3.63, 3.8) is 0 Å². The van der Waals surface area contributed by atoms with Gasteiger partial charge < -0.3 is 15.3 Å². The molecule has 0 spiro atoms. The van der Waals surface area contributed by atoms with E-state index in [0.29, 0.717) is 11.7 Å². The molecule has 0 aliphatic rings. The van der Waals surface area contributed by atoms with E-state index in [1.165, 1.54) is 12.1 Å². The van der Waals surface area contributed by atoms with Gasteiger partial charge in [0.25, 0.3) is 0 Å². The van der Waals surface area contributed by atoms with Crippen molar-refractivity contribution < 1.29 is 9.50 Å². The number of aromatic hydroxyl groups is 1. The molecular weight excluding hydrogens is 299 g/mol. The average molecular weight is 318 g/mol. The summed E-state index contributed by atoms with van der Waals surface area (Å²) in [6.45, 7) is 4.39. The second-order valence-corrected chi connectivity index (χ2v) is 5.68. The summed E-state index contributed by atoms with van der Waals surface area (Å²) in [6, 6.07) is 13.4. The number of para-hydroxylation sites is 1. The number of nitrogens with one attached hydrogen (secondary N) is 1. The Kier molecular flexibility index (Phi) is 5.33. The molecule has 0 radical (unpaired) electrons. The molecule has 2 aromatic rings. The van der Waals surface area contributed by atoms with Gasteiger partial charge in [-0.05, 0) is 56.4 Å². The number of hydrogen-bond acceptors (Lipinski definition) is 2. The van der Waals surface area contributed by atoms with Gasteiger partial charge in [0.15, 0.2) is 5.11 Å². The van der Waals surface area contributed by atoms with Crippen molar-refractivity contribution in [1.29, 1.82) is 0 Å². The second-order valence-electron chi connectivity index (χ2n) is 5.30. The van der Waals surface area contributed by atoms with E-state index in [-0.39, 0.29) is 17.6 Å². The van der Waals surface area contributed by atoms with E-state index in [2.05, 4.69) is 5.32 Å². The topological polar surface area (TPSA) is 35.5 Å². The number of phenolic OH excluding ortho intramolecular Hbond substituents is 1. The number of thiocarbonyl (C=S) groups is 1. The fourth-order valence-corrected chi connectivity index (χ4v) is 2.45. The lowest BCUT2D eigenvalue weighted by atomic mass is 10.1. The Morgan fingerprint density at radius 2 is 1.82 bits per heavy atom. The molecule has 0 saturated heterocycles. The van der Waals surface area contributed by atoms with E-state index in [1.54, 1.807) is 24.3 Å². The van der Waals surface area contributed by atoms with Gasteiger partial charge >= 0.3 is 0 Å². The van der Waals surface area contributed by atoms with Gasteiger partial charge in [-0.15, -0.1) is 0 Å². The molecular formula is C17H19FN2OS. The van der Waals surface area contributed by atoms with Crippen LogP contribution in [0.5, 0.6) is 5.75 Å². The molecule has 2 N–H and O–H groups in total. The van der Waals surface area contributed by atoms with Crippen molar-refractivity contribution in [3.05, 3.63) is 59.9 Å². The van der Waals surface area contributed by atoms with Crippen LogP contribution in [0.15, 0.2) is 48.5 Å². The van der Waals surface area contributed by atoms with Gasteiger partial charge in [-0.2, -0.15) is 0 Å². The van der Waals surface area contributed by atoms with Crippen LogP contribution in [0.25, 0.3) is 0 Å². The zero-order valence-electron chi connectivity index (χ0n) is 12.6. The smallest absolute Gasteiger partial charge is 0.173 e. The molecule has 0 aliphatic carbocycles. The van der Waals surface area contributed by atoms with E-state index < -0.39 is 0 Å². The Morgan fingerprint density at radius 3 is 2.41 bits per heavy atom. The van der Waals surface area contributed by atoms with Gasteiger partial charge in [0.2, 0.25) is 0 Å². The summed E-state index contributed by atoms with van der Waals surface area (Å²) in [7, 11) is 0. The van der Waals surface area contributed by atoms with Crippen LogP contribution in [0, 0.1) is 5.82 Å². The van der Waals surface area contributed by atoms with E-state index in [9.17, 15) is 9.50 Å². The van der Waals surface area contributed by atoms with Crippen LogP contribution in [-0.4, -0.2) is 16.3 Å². The molecule has 0 atom stereocenters. The van der Waals surface area contributed by atoms with Crippen molar-refractivity contribution in [2.45, 2.75) is 26.4 Å². The first-order chi connectivity index (χ1) is 10.5. The standard InChI is InChI=1S/C17H19FN2OS/c1-12(2)19-17(22)20(15-9-7-14(18)8-10-15)11-13-5-3-4-6-16(13)21/h3-10,12,21H,11H2,1-2H3,(H,19,22). The van der Waals surface area contributed by atoms with Crippen LogP contribution < -0.4 is 10.2 Å². The van der Waals surface area contributed by atoms with Gasteiger partial charge in [-0.1, -0.05) is 18.2 Å². The quantitative estimate of drug-likeness (QED) is 0.840. The highest BCUT2D eigenvalue weighted by Crippen LogP contribution is 2.23. The molecule has 116 valence electrons. The second kappa shape index (κ2) is 7.22. The summed E-state index contributed by atoms with van der Waals surface area (Å²) in [6.07, 6.45) is 0. The zero-order valence-corrected chi connectivity index (χ0v) is 13.4. The monoisotopic (exact) mass is 318 g/mol. The van der Waals surface area contributed by atoms with Crippen molar-refractivity contribution >= 4 is 23.0 Å². The third kappa shape index (κ3) is 4.18. The minimum atomic E-state index is -0.297. The normalized spacial score (nSPS) is 10.5. The number of nitrogens with zero attached hydrogens (tertiary/aromatic N) is 1. The van der Waals surface area contributed by atoms with Crippen LogP contribution in [0.1, 0.15) is 19.4 Å². The van der Waals surface area contributed by atoms with Gasteiger partial charge in [-0.3, -0.25) is 0 Å². The van der Waals surface area contributed by atoms with Crippen LogP contribution in [0.2, 0.25) is 0 Å². The first kappa shape index (κ1) is 16.2. The SMILES string of the molecule is CC(C)NC(=S)N(Cc1ccccc1O)c1ccc(F)cc1. The zero-order chi connectivity index (χ0) is 16.1. The fourth-order valence-electron chi connectivity index (χ4n) is 2.04. The Labute approximate surface area is 135 Å². The first-order valence-corrected chi connectivity index (χ1v) is 7.48. The highest BCUT2D eigenvalue weighted by molar-refractivity contribution is 7.80. The number of benzene rings is 2. The minimum absolute atomic E-state index is 0.180. The van der Waals surface area contributed by atoms with Gasteiger partial charge in [-0.25, -0.2) is 4.39 Å². The fraction of sp³-hybridized carbons (Fsp3) is 0.235. The highest BCUT2D eigenvalue weighted by Gasteiger charge is 2.15. The summed E-state index contributed by atoms with van der Waals surface area (Å²) < 4.78 is 13.1. The maximum atomic E-state index is 13.1. The van der Waals surface area contributed by atoms with Gasteiger partial charge in [0.1, 0.15) is 11.6 Å². The average Bonchev–Trinajstić information content (AvgIpc) is 2.47. The van der Waals surface area contributed by atoms with Crippen molar-refractivity contribution in [3.8, 4) is 5.75 Å². The Balaban J connectivity index is 2.31.